The summed E-state index contributed by atoms with van der Waals surface area (Å²) in [6.45, 7) is 1.67. The molecule has 0 radical (unpaired) electrons. The molecule has 3 rings (SSSR count). The predicted molar refractivity (Wildman–Crippen MR) is 100 cm³/mol. The molecule has 3 aromatic rings. The van der Waals surface area contributed by atoms with Crippen molar-refractivity contribution in [2.24, 2.45) is 7.05 Å². The van der Waals surface area contributed by atoms with Crippen LogP contribution in [0.3, 0.4) is 0 Å². The van der Waals surface area contributed by atoms with Crippen molar-refractivity contribution in [2.45, 2.75) is 17.3 Å². The molecule has 1 atom stereocenters. The van der Waals surface area contributed by atoms with E-state index in [1.165, 1.54) is 28.0 Å². The Labute approximate surface area is 155 Å². The van der Waals surface area contributed by atoms with Crippen molar-refractivity contribution in [3.05, 3.63) is 50.8 Å². The quantitative estimate of drug-likeness (QED) is 0.535. The number of amides is 1. The van der Waals surface area contributed by atoms with Crippen molar-refractivity contribution in [1.29, 1.82) is 0 Å². The van der Waals surface area contributed by atoms with Crippen LogP contribution in [0.4, 0.5) is 10.1 Å². The van der Waals surface area contributed by atoms with E-state index in [9.17, 15) is 14.0 Å². The van der Waals surface area contributed by atoms with E-state index in [-0.39, 0.29) is 16.3 Å². The molecule has 2 heterocycles. The number of hydrogen-bond acceptors (Lipinski definition) is 5. The molecule has 0 saturated heterocycles. The summed E-state index contributed by atoms with van der Waals surface area (Å²) in [5, 5.41) is 4.97. The third kappa shape index (κ3) is 3.70. The number of aromatic nitrogens is 2. The molecule has 25 heavy (non-hydrogen) atoms. The normalized spacial score (nSPS) is 12.3. The largest absolute Gasteiger partial charge is 0.323 e. The van der Waals surface area contributed by atoms with Crippen LogP contribution in [-0.2, 0) is 11.8 Å². The molecule has 0 aliphatic rings. The first-order valence-electron chi connectivity index (χ1n) is 7.23. The van der Waals surface area contributed by atoms with E-state index in [1.54, 1.807) is 25.4 Å². The lowest BCUT2D eigenvalue weighted by molar-refractivity contribution is -0.115. The molecule has 0 fully saturated rings. The standard InChI is InChI=1S/C16H13ClFN3O2S2/c1-8(13(22)19-12-4-3-9(17)7-11(12)18)25-16-20-14-10(5-6-24-14)15(23)21(16)2/h3-8H,1-2H3,(H,19,22). The van der Waals surface area contributed by atoms with Gasteiger partial charge in [-0.05, 0) is 36.6 Å². The van der Waals surface area contributed by atoms with Gasteiger partial charge >= 0.3 is 0 Å². The zero-order valence-corrected chi connectivity index (χ0v) is 15.6. The maximum Gasteiger partial charge on any atom is 0.262 e. The lowest BCUT2D eigenvalue weighted by Gasteiger charge is -2.14. The van der Waals surface area contributed by atoms with Gasteiger partial charge < -0.3 is 5.32 Å². The van der Waals surface area contributed by atoms with Crippen molar-refractivity contribution in [3.8, 4) is 0 Å². The molecule has 1 unspecified atom stereocenters. The second kappa shape index (κ2) is 7.15. The van der Waals surface area contributed by atoms with Crippen LogP contribution >= 0.6 is 34.7 Å². The van der Waals surface area contributed by atoms with Crippen LogP contribution in [0.5, 0.6) is 0 Å². The Morgan fingerprint density at radius 2 is 2.20 bits per heavy atom. The van der Waals surface area contributed by atoms with E-state index >= 15 is 0 Å². The summed E-state index contributed by atoms with van der Waals surface area (Å²) in [5.41, 5.74) is -0.109. The number of carbonyl (C=O) groups excluding carboxylic acids is 1. The van der Waals surface area contributed by atoms with Gasteiger partial charge in [0.2, 0.25) is 5.91 Å². The van der Waals surface area contributed by atoms with Gasteiger partial charge in [0, 0.05) is 12.1 Å². The SMILES string of the molecule is CC(Sc1nc2sccc2c(=O)n1C)C(=O)Nc1ccc(Cl)cc1F. The van der Waals surface area contributed by atoms with Crippen LogP contribution in [0, 0.1) is 5.82 Å². The lowest BCUT2D eigenvalue weighted by Crippen LogP contribution is -2.25. The minimum atomic E-state index is -0.608. The van der Waals surface area contributed by atoms with Gasteiger partial charge in [0.15, 0.2) is 5.16 Å². The number of hydrogen-bond donors (Lipinski definition) is 1. The van der Waals surface area contributed by atoms with E-state index in [2.05, 4.69) is 10.3 Å². The van der Waals surface area contributed by atoms with Crippen molar-refractivity contribution < 1.29 is 9.18 Å². The molecule has 5 nitrogen and oxygen atoms in total. The number of fused-ring (bicyclic) bond motifs is 1. The highest BCUT2D eigenvalue weighted by atomic mass is 35.5. The van der Waals surface area contributed by atoms with Crippen molar-refractivity contribution >= 4 is 56.5 Å². The Kier molecular flexibility index (Phi) is 5.12. The van der Waals surface area contributed by atoms with Crippen LogP contribution in [0.25, 0.3) is 10.2 Å². The van der Waals surface area contributed by atoms with Gasteiger partial charge in [-0.2, -0.15) is 0 Å². The molecule has 0 aliphatic heterocycles. The highest BCUT2D eigenvalue weighted by Crippen LogP contribution is 2.25. The average molecular weight is 398 g/mol. The number of thioether (sulfide) groups is 1. The maximum absolute atomic E-state index is 13.8. The van der Waals surface area contributed by atoms with Gasteiger partial charge in [0.25, 0.3) is 5.56 Å². The summed E-state index contributed by atoms with van der Waals surface area (Å²) in [4.78, 5) is 29.7. The van der Waals surface area contributed by atoms with Gasteiger partial charge in [-0.1, -0.05) is 23.4 Å². The number of nitrogens with zero attached hydrogens (tertiary/aromatic N) is 2. The summed E-state index contributed by atoms with van der Waals surface area (Å²) >= 11 is 8.20. The maximum atomic E-state index is 13.8. The summed E-state index contributed by atoms with van der Waals surface area (Å²) in [7, 11) is 1.61. The highest BCUT2D eigenvalue weighted by Gasteiger charge is 2.19. The molecule has 1 N–H and O–H groups in total. The predicted octanol–water partition coefficient (Wildman–Crippen LogP) is 3.91. The van der Waals surface area contributed by atoms with Crippen LogP contribution in [0.2, 0.25) is 5.02 Å². The third-order valence-electron chi connectivity index (χ3n) is 3.50. The van der Waals surface area contributed by atoms with E-state index < -0.39 is 17.0 Å². The number of thiophene rings is 1. The molecule has 2 aromatic heterocycles. The average Bonchev–Trinajstić information content (AvgIpc) is 3.03. The molecular weight excluding hydrogens is 385 g/mol. The summed E-state index contributed by atoms with van der Waals surface area (Å²) in [5.74, 6) is -1.00. The Balaban J connectivity index is 1.79. The van der Waals surface area contributed by atoms with Crippen molar-refractivity contribution in [3.63, 3.8) is 0 Å². The van der Waals surface area contributed by atoms with E-state index in [0.29, 0.717) is 15.4 Å². The molecule has 0 spiro atoms. The van der Waals surface area contributed by atoms with Crippen molar-refractivity contribution in [2.75, 3.05) is 5.32 Å². The third-order valence-corrected chi connectivity index (χ3v) is 5.69. The smallest absolute Gasteiger partial charge is 0.262 e. The zero-order valence-electron chi connectivity index (χ0n) is 13.2. The Morgan fingerprint density at radius 1 is 1.44 bits per heavy atom. The molecule has 0 saturated carbocycles. The number of benzene rings is 1. The molecule has 0 aliphatic carbocycles. The zero-order chi connectivity index (χ0) is 18.1. The number of anilines is 1. The molecule has 130 valence electrons. The Morgan fingerprint density at radius 3 is 2.92 bits per heavy atom. The first kappa shape index (κ1) is 17.9. The summed E-state index contributed by atoms with van der Waals surface area (Å²) in [6.07, 6.45) is 0. The second-order valence-electron chi connectivity index (χ2n) is 5.27. The highest BCUT2D eigenvalue weighted by molar-refractivity contribution is 8.00. The van der Waals surface area contributed by atoms with Crippen LogP contribution in [0.1, 0.15) is 6.92 Å². The minimum Gasteiger partial charge on any atom is -0.323 e. The number of halogens is 2. The van der Waals surface area contributed by atoms with E-state index in [4.69, 9.17) is 11.6 Å². The number of rotatable bonds is 4. The fourth-order valence-electron chi connectivity index (χ4n) is 2.12. The number of nitrogens with one attached hydrogen (secondary N) is 1. The van der Waals surface area contributed by atoms with E-state index in [0.717, 1.165) is 17.8 Å². The molecule has 1 amide bonds. The molecule has 1 aromatic carbocycles. The molecule has 9 heteroatoms. The first-order chi connectivity index (χ1) is 11.9. The fourth-order valence-corrected chi connectivity index (χ4v) is 3.96. The van der Waals surface area contributed by atoms with Crippen LogP contribution in [-0.4, -0.2) is 20.7 Å². The monoisotopic (exact) mass is 397 g/mol. The Hall–Kier alpha value is -1.90. The van der Waals surface area contributed by atoms with Gasteiger partial charge in [0.05, 0.1) is 16.3 Å². The summed E-state index contributed by atoms with van der Waals surface area (Å²) in [6, 6.07) is 5.75. The minimum absolute atomic E-state index is 0.0532. The summed E-state index contributed by atoms with van der Waals surface area (Å²) < 4.78 is 15.2. The van der Waals surface area contributed by atoms with Gasteiger partial charge in [-0.15, -0.1) is 11.3 Å². The van der Waals surface area contributed by atoms with Crippen LogP contribution < -0.4 is 10.9 Å². The first-order valence-corrected chi connectivity index (χ1v) is 9.37. The van der Waals surface area contributed by atoms with E-state index in [1.807, 2.05) is 0 Å². The topological polar surface area (TPSA) is 64.0 Å². The lowest BCUT2D eigenvalue weighted by atomic mass is 10.3. The van der Waals surface area contributed by atoms with Gasteiger partial charge in [0.1, 0.15) is 10.6 Å². The second-order valence-corrected chi connectivity index (χ2v) is 7.91. The molecule has 0 bridgehead atoms. The van der Waals surface area contributed by atoms with Crippen LogP contribution in [0.15, 0.2) is 39.6 Å². The van der Waals surface area contributed by atoms with Gasteiger partial charge in [-0.25, -0.2) is 9.37 Å². The van der Waals surface area contributed by atoms with Crippen molar-refractivity contribution in [1.82, 2.24) is 9.55 Å². The molecular formula is C16H13ClFN3O2S2. The van der Waals surface area contributed by atoms with Gasteiger partial charge in [-0.3, -0.25) is 14.2 Å². The number of carbonyl (C=O) groups is 1. The fraction of sp³-hybridized carbons (Fsp3) is 0.188. The Bertz CT molecular complexity index is 1020.